The molecule has 0 saturated heterocycles. The van der Waals surface area contributed by atoms with Gasteiger partial charge in [0.05, 0.1) is 23.2 Å². The fourth-order valence-corrected chi connectivity index (χ4v) is 3.39. The predicted molar refractivity (Wildman–Crippen MR) is 109 cm³/mol. The van der Waals surface area contributed by atoms with E-state index in [-0.39, 0.29) is 30.6 Å². The van der Waals surface area contributed by atoms with Gasteiger partial charge in [-0.05, 0) is 33.3 Å². The van der Waals surface area contributed by atoms with Crippen LogP contribution in [0.3, 0.4) is 0 Å². The van der Waals surface area contributed by atoms with Gasteiger partial charge in [0.25, 0.3) is 5.69 Å². The smallest absolute Gasteiger partial charge is 0.336 e. The van der Waals surface area contributed by atoms with Crippen LogP contribution in [0.15, 0.2) is 40.5 Å². The van der Waals surface area contributed by atoms with Gasteiger partial charge in [-0.1, -0.05) is 12.1 Å². The molecule has 0 N–H and O–H groups in total. The van der Waals surface area contributed by atoms with Crippen LogP contribution in [-0.4, -0.2) is 49.0 Å². The summed E-state index contributed by atoms with van der Waals surface area (Å²) in [7, 11) is 1.49. The zero-order valence-electron chi connectivity index (χ0n) is 17.7. The molecule has 1 heterocycles. The van der Waals surface area contributed by atoms with E-state index in [9.17, 15) is 19.7 Å². The summed E-state index contributed by atoms with van der Waals surface area (Å²) in [5, 5.41) is 11.3. The molecule has 1 aromatic carbocycles. The third-order valence-corrected chi connectivity index (χ3v) is 4.62. The highest BCUT2D eigenvalue weighted by Crippen LogP contribution is 2.41. The van der Waals surface area contributed by atoms with Crippen LogP contribution in [0.5, 0.6) is 0 Å². The molecule has 2 rings (SSSR count). The molecule has 1 aliphatic rings. The van der Waals surface area contributed by atoms with Gasteiger partial charge in [0.1, 0.15) is 12.5 Å². The number of ether oxygens (including phenoxy) is 3. The minimum Gasteiger partial charge on any atom is -0.463 e. The lowest BCUT2D eigenvalue weighted by molar-refractivity contribution is -0.384. The minimum absolute atomic E-state index is 0.0369. The van der Waals surface area contributed by atoms with Crippen LogP contribution in [0.2, 0.25) is 0 Å². The molecule has 0 bridgehead atoms. The number of rotatable bonds is 8. The molecule has 1 aliphatic heterocycles. The van der Waals surface area contributed by atoms with Crippen molar-refractivity contribution in [2.24, 2.45) is 10.9 Å². The lowest BCUT2D eigenvalue weighted by atomic mass is 9.75. The number of hydrogen-bond acceptors (Lipinski definition) is 8. The number of nitro groups is 1. The molecular weight excluding hydrogens is 392 g/mol. The number of esters is 2. The van der Waals surface area contributed by atoms with Crippen molar-refractivity contribution in [1.82, 2.24) is 0 Å². The van der Waals surface area contributed by atoms with Crippen LogP contribution in [0.25, 0.3) is 0 Å². The second kappa shape index (κ2) is 10.1. The number of methoxy groups -OCH3 is 1. The molecule has 0 aliphatic carbocycles. The highest BCUT2D eigenvalue weighted by Gasteiger charge is 2.43. The maximum absolute atomic E-state index is 12.9. The number of benzene rings is 1. The van der Waals surface area contributed by atoms with E-state index in [0.29, 0.717) is 17.0 Å². The van der Waals surface area contributed by atoms with E-state index in [1.807, 2.05) is 0 Å². The van der Waals surface area contributed by atoms with E-state index >= 15 is 0 Å². The van der Waals surface area contributed by atoms with Crippen molar-refractivity contribution in [2.45, 2.75) is 39.7 Å². The highest BCUT2D eigenvalue weighted by molar-refractivity contribution is 6.07. The third-order valence-electron chi connectivity index (χ3n) is 4.62. The molecule has 162 valence electrons. The quantitative estimate of drug-likeness (QED) is 0.275. The van der Waals surface area contributed by atoms with Crippen molar-refractivity contribution in [3.05, 3.63) is 51.2 Å². The summed E-state index contributed by atoms with van der Waals surface area (Å²) in [5.41, 5.74) is 1.32. The van der Waals surface area contributed by atoms with Crippen LogP contribution in [0, 0.1) is 16.0 Å². The number of nitrogens with zero attached hydrogens (tertiary/aromatic N) is 2. The second-order valence-corrected chi connectivity index (χ2v) is 7.17. The first-order valence-corrected chi connectivity index (χ1v) is 9.54. The number of hydrogen-bond donors (Lipinski definition) is 0. The van der Waals surface area contributed by atoms with E-state index in [1.54, 1.807) is 33.8 Å². The molecule has 0 aromatic heterocycles. The Morgan fingerprint density at radius 3 is 2.53 bits per heavy atom. The van der Waals surface area contributed by atoms with Crippen molar-refractivity contribution >= 4 is 23.3 Å². The summed E-state index contributed by atoms with van der Waals surface area (Å²) in [5.74, 6) is -2.97. The van der Waals surface area contributed by atoms with E-state index in [2.05, 4.69) is 4.99 Å². The standard InChI is InChI=1S/C21H26N2O7/c1-12(2)30-21(25)18-14(4)22-13(3)17(20(24)29-10-9-28-5)19(18)15-7-6-8-16(11-15)23(26)27/h6-8,11-12,17,19H,9-10H2,1-5H3. The molecule has 0 amide bonds. The van der Waals surface area contributed by atoms with Gasteiger partial charge in [0.2, 0.25) is 0 Å². The van der Waals surface area contributed by atoms with E-state index in [4.69, 9.17) is 14.2 Å². The fourth-order valence-electron chi connectivity index (χ4n) is 3.39. The number of non-ortho nitro benzene ring substituents is 1. The van der Waals surface area contributed by atoms with Crippen LogP contribution in [-0.2, 0) is 23.8 Å². The molecule has 30 heavy (non-hydrogen) atoms. The molecule has 2 atom stereocenters. The number of allylic oxidation sites excluding steroid dienone is 1. The van der Waals surface area contributed by atoms with Crippen molar-refractivity contribution < 1.29 is 28.7 Å². The van der Waals surface area contributed by atoms with E-state index in [1.165, 1.54) is 25.3 Å². The Labute approximate surface area is 174 Å². The first kappa shape index (κ1) is 23.2. The second-order valence-electron chi connectivity index (χ2n) is 7.17. The number of nitro benzene ring substituents is 1. The lowest BCUT2D eigenvalue weighted by Gasteiger charge is -2.31. The monoisotopic (exact) mass is 418 g/mol. The van der Waals surface area contributed by atoms with Gasteiger partial charge in [0, 0.05) is 36.6 Å². The molecular formula is C21H26N2O7. The largest absolute Gasteiger partial charge is 0.463 e. The highest BCUT2D eigenvalue weighted by atomic mass is 16.6. The summed E-state index contributed by atoms with van der Waals surface area (Å²) < 4.78 is 15.6. The number of aliphatic imine (C=N–C) groups is 1. The minimum atomic E-state index is -0.928. The molecule has 0 radical (unpaired) electrons. The summed E-state index contributed by atoms with van der Waals surface area (Å²) in [6, 6.07) is 5.86. The van der Waals surface area contributed by atoms with E-state index < -0.39 is 28.7 Å². The van der Waals surface area contributed by atoms with Crippen LogP contribution < -0.4 is 0 Å². The van der Waals surface area contributed by atoms with Gasteiger partial charge in [0.15, 0.2) is 0 Å². The number of carbonyl (C=O) groups excluding carboxylic acids is 2. The summed E-state index contributed by atoms with van der Waals surface area (Å²) in [6.07, 6.45) is -0.386. The maximum atomic E-state index is 12.9. The molecule has 0 saturated carbocycles. The van der Waals surface area contributed by atoms with Crippen molar-refractivity contribution in [3.8, 4) is 0 Å². The van der Waals surface area contributed by atoms with Crippen LogP contribution in [0.4, 0.5) is 5.69 Å². The SMILES string of the molecule is COCCOC(=O)C1C(C)=NC(C)=C(C(=O)OC(C)C)C1c1cccc([N+](=O)[O-])c1. The van der Waals surface area contributed by atoms with Crippen molar-refractivity contribution in [1.29, 1.82) is 0 Å². The van der Waals surface area contributed by atoms with Gasteiger partial charge >= 0.3 is 11.9 Å². The summed E-state index contributed by atoms with van der Waals surface area (Å²) >= 11 is 0. The number of carbonyl (C=O) groups is 2. The molecule has 0 spiro atoms. The first-order chi connectivity index (χ1) is 14.2. The van der Waals surface area contributed by atoms with Gasteiger partial charge in [-0.2, -0.15) is 0 Å². The average molecular weight is 418 g/mol. The topological polar surface area (TPSA) is 117 Å². The fraction of sp³-hybridized carbons (Fsp3) is 0.476. The Morgan fingerprint density at radius 1 is 1.23 bits per heavy atom. The zero-order valence-corrected chi connectivity index (χ0v) is 17.7. The lowest BCUT2D eigenvalue weighted by Crippen LogP contribution is -2.37. The van der Waals surface area contributed by atoms with Gasteiger partial charge in [-0.3, -0.25) is 19.9 Å². The predicted octanol–water partition coefficient (Wildman–Crippen LogP) is 3.18. The Kier molecular flexibility index (Phi) is 7.82. The third kappa shape index (κ3) is 5.29. The van der Waals surface area contributed by atoms with Crippen molar-refractivity contribution in [3.63, 3.8) is 0 Å². The van der Waals surface area contributed by atoms with Crippen molar-refractivity contribution in [2.75, 3.05) is 20.3 Å². The Morgan fingerprint density at radius 2 is 1.93 bits per heavy atom. The maximum Gasteiger partial charge on any atom is 0.336 e. The van der Waals surface area contributed by atoms with Crippen LogP contribution >= 0.6 is 0 Å². The zero-order chi connectivity index (χ0) is 22.4. The van der Waals surface area contributed by atoms with Gasteiger partial charge in [-0.15, -0.1) is 0 Å². The summed E-state index contributed by atoms with van der Waals surface area (Å²) in [6.45, 7) is 6.99. The molecule has 0 fully saturated rings. The Balaban J connectivity index is 2.59. The molecule has 1 aromatic rings. The van der Waals surface area contributed by atoms with Crippen LogP contribution in [0.1, 0.15) is 39.2 Å². The Bertz CT molecular complexity index is 889. The summed E-state index contributed by atoms with van der Waals surface area (Å²) in [4.78, 5) is 41.0. The molecule has 9 nitrogen and oxygen atoms in total. The van der Waals surface area contributed by atoms with Gasteiger partial charge in [-0.25, -0.2) is 4.79 Å². The average Bonchev–Trinajstić information content (AvgIpc) is 2.66. The Hall–Kier alpha value is -3.07. The van der Waals surface area contributed by atoms with Gasteiger partial charge < -0.3 is 14.2 Å². The normalized spacial score (nSPS) is 18.8. The molecule has 9 heteroatoms. The molecule has 2 unspecified atom stereocenters. The first-order valence-electron chi connectivity index (χ1n) is 9.54. The van der Waals surface area contributed by atoms with E-state index in [0.717, 1.165) is 0 Å².